The first-order chi connectivity index (χ1) is 16.4. The number of aryl methyl sites for hydroxylation is 2. The van der Waals surface area contributed by atoms with Crippen LogP contribution in [-0.4, -0.2) is 20.6 Å². The molecule has 34 heavy (non-hydrogen) atoms. The van der Waals surface area contributed by atoms with E-state index in [0.717, 1.165) is 47.3 Å². The van der Waals surface area contributed by atoms with Crippen molar-refractivity contribution in [2.75, 3.05) is 0 Å². The molecule has 1 heterocycles. The van der Waals surface area contributed by atoms with Gasteiger partial charge in [-0.3, -0.25) is 9.36 Å². The van der Waals surface area contributed by atoms with Crippen molar-refractivity contribution in [2.24, 2.45) is 0 Å². The summed E-state index contributed by atoms with van der Waals surface area (Å²) in [6, 6.07) is 20.1. The van der Waals surface area contributed by atoms with Crippen LogP contribution in [0.1, 0.15) is 52.6 Å². The Morgan fingerprint density at radius 1 is 1.00 bits per heavy atom. The quantitative estimate of drug-likeness (QED) is 0.366. The third kappa shape index (κ3) is 5.34. The van der Waals surface area contributed by atoms with Gasteiger partial charge in [0.25, 0.3) is 5.56 Å². The van der Waals surface area contributed by atoms with Gasteiger partial charge >= 0.3 is 5.97 Å². The SMILES string of the molecule is CCCCc1nc2ccc(C)cc2c(=O)n1Cc1ccc(OCc2ccc(C(=O)O)cc2)cc1. The van der Waals surface area contributed by atoms with Crippen LogP contribution in [0, 0.1) is 6.92 Å². The van der Waals surface area contributed by atoms with E-state index < -0.39 is 5.97 Å². The van der Waals surface area contributed by atoms with Gasteiger partial charge in [-0.05, 0) is 60.9 Å². The summed E-state index contributed by atoms with van der Waals surface area (Å²) in [5, 5.41) is 9.65. The van der Waals surface area contributed by atoms with E-state index in [-0.39, 0.29) is 11.1 Å². The highest BCUT2D eigenvalue weighted by Crippen LogP contribution is 2.17. The third-order valence-electron chi connectivity index (χ3n) is 5.81. The maximum absolute atomic E-state index is 13.3. The summed E-state index contributed by atoms with van der Waals surface area (Å²) in [5.74, 6) is 0.571. The molecule has 0 radical (unpaired) electrons. The van der Waals surface area contributed by atoms with E-state index in [1.807, 2.05) is 49.4 Å². The molecular weight excluding hydrogens is 428 g/mol. The van der Waals surface area contributed by atoms with Gasteiger partial charge < -0.3 is 9.84 Å². The number of aromatic nitrogens is 2. The fourth-order valence-electron chi connectivity index (χ4n) is 3.85. The Kier molecular flexibility index (Phi) is 7.07. The molecule has 0 aliphatic carbocycles. The van der Waals surface area contributed by atoms with Gasteiger partial charge in [-0.25, -0.2) is 9.78 Å². The van der Waals surface area contributed by atoms with Crippen LogP contribution in [0.15, 0.2) is 71.5 Å². The fraction of sp³-hybridized carbons (Fsp3) is 0.250. The Balaban J connectivity index is 1.52. The molecule has 3 aromatic carbocycles. The Labute approximate surface area is 198 Å². The van der Waals surface area contributed by atoms with Crippen LogP contribution < -0.4 is 10.3 Å². The van der Waals surface area contributed by atoms with Gasteiger partial charge in [-0.1, -0.05) is 49.2 Å². The standard InChI is InChI=1S/C28H28N2O4/c1-3-4-5-26-29-25-15-6-19(2)16-24(25)27(31)30(26)17-20-9-13-23(14-10-20)34-18-21-7-11-22(12-8-21)28(32)33/h6-16H,3-5,17-18H2,1-2H3,(H,32,33). The summed E-state index contributed by atoms with van der Waals surface area (Å²) >= 11 is 0. The molecule has 0 spiro atoms. The minimum absolute atomic E-state index is 0.00932. The second-order valence-electron chi connectivity index (χ2n) is 8.48. The number of carbonyl (C=O) groups is 1. The van der Waals surface area contributed by atoms with Crippen LogP contribution in [-0.2, 0) is 19.6 Å². The van der Waals surface area contributed by atoms with E-state index in [0.29, 0.717) is 24.3 Å². The van der Waals surface area contributed by atoms with Crippen LogP contribution >= 0.6 is 0 Å². The summed E-state index contributed by atoms with van der Waals surface area (Å²) in [6.45, 7) is 4.90. The summed E-state index contributed by atoms with van der Waals surface area (Å²) in [5.41, 5.74) is 3.91. The first kappa shape index (κ1) is 23.2. The number of nitrogens with zero attached hydrogens (tertiary/aromatic N) is 2. The third-order valence-corrected chi connectivity index (χ3v) is 5.81. The number of benzene rings is 3. The highest BCUT2D eigenvalue weighted by Gasteiger charge is 2.12. The van der Waals surface area contributed by atoms with Gasteiger partial charge in [0.05, 0.1) is 23.0 Å². The maximum atomic E-state index is 13.3. The van der Waals surface area contributed by atoms with E-state index in [2.05, 4.69) is 6.92 Å². The Hall–Kier alpha value is -3.93. The molecule has 4 aromatic rings. The molecule has 0 atom stereocenters. The average Bonchev–Trinajstić information content (AvgIpc) is 2.85. The van der Waals surface area contributed by atoms with E-state index in [1.165, 1.54) is 0 Å². The molecule has 0 aliphatic heterocycles. The lowest BCUT2D eigenvalue weighted by Crippen LogP contribution is -2.26. The predicted octanol–water partition coefficient (Wildman–Crippen LogP) is 5.37. The van der Waals surface area contributed by atoms with Crippen LogP contribution in [0.5, 0.6) is 5.75 Å². The first-order valence-electron chi connectivity index (χ1n) is 11.5. The van der Waals surface area contributed by atoms with Crippen molar-refractivity contribution in [2.45, 2.75) is 46.3 Å². The molecular formula is C28H28N2O4. The minimum atomic E-state index is -0.947. The van der Waals surface area contributed by atoms with E-state index in [4.69, 9.17) is 14.8 Å². The van der Waals surface area contributed by atoms with Crippen LogP contribution in [0.3, 0.4) is 0 Å². The van der Waals surface area contributed by atoms with Gasteiger partial charge in [0, 0.05) is 6.42 Å². The number of hydrogen-bond acceptors (Lipinski definition) is 4. The van der Waals surface area contributed by atoms with Crippen molar-refractivity contribution in [3.8, 4) is 5.75 Å². The molecule has 0 saturated carbocycles. The number of unbranched alkanes of at least 4 members (excludes halogenated alkanes) is 1. The first-order valence-corrected chi connectivity index (χ1v) is 11.5. The molecule has 0 bridgehead atoms. The van der Waals surface area contributed by atoms with Crippen molar-refractivity contribution in [1.82, 2.24) is 9.55 Å². The van der Waals surface area contributed by atoms with Crippen LogP contribution in [0.4, 0.5) is 0 Å². The smallest absolute Gasteiger partial charge is 0.335 e. The molecule has 6 nitrogen and oxygen atoms in total. The minimum Gasteiger partial charge on any atom is -0.489 e. The topological polar surface area (TPSA) is 81.4 Å². The number of rotatable bonds is 9. The summed E-state index contributed by atoms with van der Waals surface area (Å²) in [7, 11) is 0. The Morgan fingerprint density at radius 3 is 2.38 bits per heavy atom. The molecule has 6 heteroatoms. The zero-order valence-corrected chi connectivity index (χ0v) is 19.5. The van der Waals surface area contributed by atoms with Gasteiger partial charge in [0.15, 0.2) is 0 Å². The average molecular weight is 457 g/mol. The van der Waals surface area contributed by atoms with E-state index in [1.54, 1.807) is 28.8 Å². The second-order valence-corrected chi connectivity index (χ2v) is 8.48. The fourth-order valence-corrected chi connectivity index (χ4v) is 3.85. The molecule has 0 saturated heterocycles. The summed E-state index contributed by atoms with van der Waals surface area (Å²) in [4.78, 5) is 29.1. The van der Waals surface area contributed by atoms with Gasteiger partial charge in [0.2, 0.25) is 0 Å². The number of ether oxygens (including phenoxy) is 1. The Morgan fingerprint density at radius 2 is 1.71 bits per heavy atom. The second kappa shape index (κ2) is 10.3. The number of carboxylic acid groups (broad SMARTS) is 1. The zero-order chi connectivity index (χ0) is 24.1. The van der Waals surface area contributed by atoms with E-state index in [9.17, 15) is 9.59 Å². The number of hydrogen-bond donors (Lipinski definition) is 1. The monoisotopic (exact) mass is 456 g/mol. The molecule has 0 fully saturated rings. The lowest BCUT2D eigenvalue weighted by molar-refractivity contribution is 0.0697. The lowest BCUT2D eigenvalue weighted by Gasteiger charge is -2.14. The van der Waals surface area contributed by atoms with Crippen LogP contribution in [0.2, 0.25) is 0 Å². The molecule has 174 valence electrons. The predicted molar refractivity (Wildman–Crippen MR) is 133 cm³/mol. The highest BCUT2D eigenvalue weighted by molar-refractivity contribution is 5.87. The number of aromatic carboxylic acids is 1. The molecule has 0 aliphatic rings. The van der Waals surface area contributed by atoms with Crippen LogP contribution in [0.25, 0.3) is 10.9 Å². The van der Waals surface area contributed by atoms with Crippen molar-refractivity contribution in [3.05, 3.63) is 105 Å². The van der Waals surface area contributed by atoms with Gasteiger partial charge in [-0.15, -0.1) is 0 Å². The van der Waals surface area contributed by atoms with Gasteiger partial charge in [-0.2, -0.15) is 0 Å². The molecule has 0 amide bonds. The summed E-state index contributed by atoms with van der Waals surface area (Å²) < 4.78 is 7.63. The van der Waals surface area contributed by atoms with Crippen molar-refractivity contribution in [3.63, 3.8) is 0 Å². The normalized spacial score (nSPS) is 11.0. The molecule has 1 N–H and O–H groups in total. The summed E-state index contributed by atoms with van der Waals surface area (Å²) in [6.07, 6.45) is 2.77. The van der Waals surface area contributed by atoms with Gasteiger partial charge in [0.1, 0.15) is 18.2 Å². The number of fused-ring (bicyclic) bond motifs is 1. The van der Waals surface area contributed by atoms with Crippen molar-refractivity contribution in [1.29, 1.82) is 0 Å². The zero-order valence-electron chi connectivity index (χ0n) is 19.5. The lowest BCUT2D eigenvalue weighted by atomic mass is 10.1. The maximum Gasteiger partial charge on any atom is 0.335 e. The number of carboxylic acids is 1. The molecule has 0 unspecified atom stereocenters. The van der Waals surface area contributed by atoms with Crippen molar-refractivity contribution >= 4 is 16.9 Å². The molecule has 4 rings (SSSR count). The Bertz CT molecular complexity index is 1360. The molecule has 1 aromatic heterocycles. The van der Waals surface area contributed by atoms with Crippen molar-refractivity contribution < 1.29 is 14.6 Å². The largest absolute Gasteiger partial charge is 0.489 e. The van der Waals surface area contributed by atoms with E-state index >= 15 is 0 Å². The highest BCUT2D eigenvalue weighted by atomic mass is 16.5.